The van der Waals surface area contributed by atoms with E-state index in [9.17, 15) is 4.79 Å². The molecule has 168 valence electrons. The lowest BCUT2D eigenvalue weighted by atomic mass is 10.1. The van der Waals surface area contributed by atoms with Crippen LogP contribution in [0.25, 0.3) is 22.3 Å². The van der Waals surface area contributed by atoms with Gasteiger partial charge in [-0.2, -0.15) is 4.98 Å². The van der Waals surface area contributed by atoms with E-state index in [0.29, 0.717) is 35.3 Å². The Morgan fingerprint density at radius 3 is 2.65 bits per heavy atom. The first-order chi connectivity index (χ1) is 16.6. The number of aryl methyl sites for hydroxylation is 1. The Balaban J connectivity index is 1.39. The average Bonchev–Trinajstić information content (AvgIpc) is 3.30. The molecule has 0 aliphatic heterocycles. The topological polar surface area (TPSA) is 103 Å². The zero-order valence-electron chi connectivity index (χ0n) is 18.6. The fourth-order valence-corrected chi connectivity index (χ4v) is 3.63. The molecule has 1 amide bonds. The highest BCUT2D eigenvalue weighted by Gasteiger charge is 2.15. The van der Waals surface area contributed by atoms with Crippen molar-refractivity contribution in [1.82, 2.24) is 25.4 Å². The Kier molecular flexibility index (Phi) is 5.70. The summed E-state index contributed by atoms with van der Waals surface area (Å²) in [5.74, 6) is 2.08. The SMILES string of the molecule is Cc1nc(-c2ccc3c(Oc4cccc(C(=O)NCc5ccncc5)c4C)ccnc3c2)no1. The van der Waals surface area contributed by atoms with Crippen LogP contribution in [0, 0.1) is 13.8 Å². The van der Waals surface area contributed by atoms with Gasteiger partial charge in [-0.3, -0.25) is 14.8 Å². The van der Waals surface area contributed by atoms with Crippen molar-refractivity contribution in [2.45, 2.75) is 20.4 Å². The lowest BCUT2D eigenvalue weighted by molar-refractivity contribution is 0.0950. The molecule has 0 fully saturated rings. The standard InChI is InChI=1S/C26H21N5O3/c1-16-20(26(32)29-15-18-8-11-27-12-9-18)4-3-5-23(16)33-24-10-13-28-22-14-19(6-7-21(22)24)25-30-17(2)34-31-25/h3-14H,15H2,1-2H3,(H,29,32). The number of fused-ring (bicyclic) bond motifs is 1. The summed E-state index contributed by atoms with van der Waals surface area (Å²) in [5.41, 5.74) is 3.82. The minimum Gasteiger partial charge on any atom is -0.456 e. The molecule has 0 aliphatic rings. The Labute approximate surface area is 195 Å². The molecule has 0 radical (unpaired) electrons. The van der Waals surface area contributed by atoms with E-state index in [0.717, 1.165) is 27.6 Å². The number of aromatic nitrogens is 4. The van der Waals surface area contributed by atoms with Crippen molar-refractivity contribution in [3.8, 4) is 22.9 Å². The summed E-state index contributed by atoms with van der Waals surface area (Å²) >= 11 is 0. The number of hydrogen-bond acceptors (Lipinski definition) is 7. The van der Waals surface area contributed by atoms with Gasteiger partial charge in [-0.25, -0.2) is 0 Å². The van der Waals surface area contributed by atoms with E-state index in [1.807, 2.05) is 49.4 Å². The number of amides is 1. The molecule has 0 bridgehead atoms. The molecule has 0 saturated carbocycles. The molecular weight excluding hydrogens is 430 g/mol. The van der Waals surface area contributed by atoms with Crippen molar-refractivity contribution in [2.75, 3.05) is 0 Å². The van der Waals surface area contributed by atoms with Crippen molar-refractivity contribution in [1.29, 1.82) is 0 Å². The third-order valence-corrected chi connectivity index (χ3v) is 5.44. The Morgan fingerprint density at radius 1 is 1.00 bits per heavy atom. The monoisotopic (exact) mass is 451 g/mol. The maximum absolute atomic E-state index is 12.8. The van der Waals surface area contributed by atoms with Crippen LogP contribution in [0.1, 0.15) is 27.4 Å². The fraction of sp³-hybridized carbons (Fsp3) is 0.115. The van der Waals surface area contributed by atoms with E-state index >= 15 is 0 Å². The lowest BCUT2D eigenvalue weighted by Gasteiger charge is -2.14. The Morgan fingerprint density at radius 2 is 1.85 bits per heavy atom. The molecule has 0 unspecified atom stereocenters. The number of nitrogens with zero attached hydrogens (tertiary/aromatic N) is 4. The van der Waals surface area contributed by atoms with Gasteiger partial charge in [0.05, 0.1) is 5.52 Å². The summed E-state index contributed by atoms with van der Waals surface area (Å²) in [4.78, 5) is 25.5. The maximum Gasteiger partial charge on any atom is 0.251 e. The molecule has 8 nitrogen and oxygen atoms in total. The molecule has 8 heteroatoms. The molecule has 34 heavy (non-hydrogen) atoms. The number of carbonyl (C=O) groups is 1. The molecule has 0 atom stereocenters. The van der Waals surface area contributed by atoms with Gasteiger partial charge in [0.15, 0.2) is 0 Å². The van der Waals surface area contributed by atoms with Crippen LogP contribution < -0.4 is 10.1 Å². The molecule has 2 aromatic carbocycles. The third-order valence-electron chi connectivity index (χ3n) is 5.44. The van der Waals surface area contributed by atoms with Crippen LogP contribution >= 0.6 is 0 Å². The second-order valence-corrected chi connectivity index (χ2v) is 7.75. The highest BCUT2D eigenvalue weighted by Crippen LogP contribution is 2.33. The van der Waals surface area contributed by atoms with Gasteiger partial charge in [0, 0.05) is 54.1 Å². The smallest absolute Gasteiger partial charge is 0.251 e. The fourth-order valence-electron chi connectivity index (χ4n) is 3.63. The summed E-state index contributed by atoms with van der Waals surface area (Å²) in [6.07, 6.45) is 5.09. The van der Waals surface area contributed by atoms with Crippen molar-refractivity contribution < 1.29 is 14.1 Å². The first-order valence-electron chi connectivity index (χ1n) is 10.7. The first kappa shape index (κ1) is 21.3. The molecule has 0 spiro atoms. The van der Waals surface area contributed by atoms with E-state index in [4.69, 9.17) is 9.26 Å². The van der Waals surface area contributed by atoms with Crippen molar-refractivity contribution >= 4 is 16.8 Å². The van der Waals surface area contributed by atoms with Crippen LogP contribution in [0.4, 0.5) is 0 Å². The summed E-state index contributed by atoms with van der Waals surface area (Å²) in [7, 11) is 0. The third kappa shape index (κ3) is 4.33. The summed E-state index contributed by atoms with van der Waals surface area (Å²) in [6, 6.07) is 16.7. The number of benzene rings is 2. The van der Waals surface area contributed by atoms with Crippen LogP contribution in [0.15, 0.2) is 77.7 Å². The van der Waals surface area contributed by atoms with Crippen molar-refractivity contribution in [2.24, 2.45) is 0 Å². The van der Waals surface area contributed by atoms with Crippen molar-refractivity contribution in [3.63, 3.8) is 0 Å². The summed E-state index contributed by atoms with van der Waals surface area (Å²) in [6.45, 7) is 4.04. The van der Waals surface area contributed by atoms with Gasteiger partial charge in [-0.1, -0.05) is 17.3 Å². The number of carbonyl (C=O) groups excluding carboxylic acids is 1. The molecule has 0 aliphatic carbocycles. The number of pyridine rings is 2. The Bertz CT molecular complexity index is 1480. The van der Waals surface area contributed by atoms with E-state index in [1.165, 1.54) is 0 Å². The van der Waals surface area contributed by atoms with Gasteiger partial charge in [-0.15, -0.1) is 0 Å². The number of hydrogen-bond donors (Lipinski definition) is 1. The predicted molar refractivity (Wildman–Crippen MR) is 126 cm³/mol. The van der Waals surface area contributed by atoms with E-state index in [-0.39, 0.29) is 5.91 Å². The quantitative estimate of drug-likeness (QED) is 0.387. The highest BCUT2D eigenvalue weighted by molar-refractivity contribution is 5.96. The normalized spacial score (nSPS) is 10.9. The number of nitrogens with one attached hydrogen (secondary N) is 1. The van der Waals surface area contributed by atoms with Crippen LogP contribution in [0.5, 0.6) is 11.5 Å². The van der Waals surface area contributed by atoms with E-state index in [1.54, 1.807) is 37.6 Å². The van der Waals surface area contributed by atoms with Gasteiger partial charge in [0.1, 0.15) is 11.5 Å². The van der Waals surface area contributed by atoms with Crippen molar-refractivity contribution in [3.05, 3.63) is 95.8 Å². The molecule has 5 rings (SSSR count). The second-order valence-electron chi connectivity index (χ2n) is 7.75. The van der Waals surface area contributed by atoms with Gasteiger partial charge in [0.2, 0.25) is 11.7 Å². The number of rotatable bonds is 6. The first-order valence-corrected chi connectivity index (χ1v) is 10.7. The maximum atomic E-state index is 12.8. The van der Waals surface area contributed by atoms with Crippen LogP contribution in [-0.2, 0) is 6.54 Å². The average molecular weight is 451 g/mol. The lowest BCUT2D eigenvalue weighted by Crippen LogP contribution is -2.23. The van der Waals surface area contributed by atoms with Crippen LogP contribution in [0.3, 0.4) is 0 Å². The highest BCUT2D eigenvalue weighted by atomic mass is 16.5. The zero-order valence-corrected chi connectivity index (χ0v) is 18.6. The number of ether oxygens (including phenoxy) is 1. The van der Waals surface area contributed by atoms with Gasteiger partial charge in [-0.05, 0) is 55.0 Å². The molecule has 5 aromatic rings. The van der Waals surface area contributed by atoms with Crippen LogP contribution in [-0.4, -0.2) is 26.0 Å². The van der Waals surface area contributed by atoms with Gasteiger partial charge >= 0.3 is 0 Å². The predicted octanol–water partition coefficient (Wildman–Crippen LogP) is 5.02. The molecule has 3 aromatic heterocycles. The van der Waals surface area contributed by atoms with E-state index < -0.39 is 0 Å². The zero-order chi connectivity index (χ0) is 23.5. The molecule has 0 saturated heterocycles. The largest absolute Gasteiger partial charge is 0.456 e. The minimum absolute atomic E-state index is 0.167. The molecule has 3 heterocycles. The van der Waals surface area contributed by atoms with Crippen LogP contribution in [0.2, 0.25) is 0 Å². The summed E-state index contributed by atoms with van der Waals surface area (Å²) in [5, 5.41) is 7.75. The van der Waals surface area contributed by atoms with E-state index in [2.05, 4.69) is 25.4 Å². The molecule has 1 N–H and O–H groups in total. The van der Waals surface area contributed by atoms with Gasteiger partial charge in [0.25, 0.3) is 5.91 Å². The van der Waals surface area contributed by atoms with Gasteiger partial charge < -0.3 is 14.6 Å². The second kappa shape index (κ2) is 9.11. The summed E-state index contributed by atoms with van der Waals surface area (Å²) < 4.78 is 11.3. The molecular formula is C26H21N5O3. The minimum atomic E-state index is -0.167. The Hall–Kier alpha value is -4.59.